The molecule has 10 heteroatoms. The van der Waals surface area contributed by atoms with Crippen LogP contribution >= 0.6 is 0 Å². The molecule has 0 fully saturated rings. The second kappa shape index (κ2) is 8.53. The summed E-state index contributed by atoms with van der Waals surface area (Å²) in [5.74, 6) is -0.544. The van der Waals surface area contributed by atoms with E-state index in [0.717, 1.165) is 11.1 Å². The van der Waals surface area contributed by atoms with Gasteiger partial charge in [0.2, 0.25) is 0 Å². The molecule has 0 aliphatic carbocycles. The van der Waals surface area contributed by atoms with Crippen LogP contribution in [0.1, 0.15) is 27.9 Å². The van der Waals surface area contributed by atoms with Gasteiger partial charge in [0.25, 0.3) is 10.0 Å². The van der Waals surface area contributed by atoms with E-state index in [2.05, 4.69) is 4.98 Å². The van der Waals surface area contributed by atoms with E-state index in [9.17, 15) is 18.2 Å². The Bertz CT molecular complexity index is 1310. The molecule has 166 valence electrons. The number of fused-ring (bicyclic) bond motifs is 1. The Hall–Kier alpha value is -2.95. The molecule has 0 unspecified atom stereocenters. The number of nitrogens with zero attached hydrogens (tertiary/aromatic N) is 3. The number of esters is 1. The Kier molecular flexibility index (Phi) is 5.94. The SMILES string of the molecule is COC(=O)c1cnc2c(c1)c(C1=CCN(B(C)O)CC1)cn2S(=O)(=O)c1ccc(C)cc1. The lowest BCUT2D eigenvalue weighted by atomic mass is 9.82. The summed E-state index contributed by atoms with van der Waals surface area (Å²) in [4.78, 5) is 18.5. The van der Waals surface area contributed by atoms with Crippen LogP contribution in [0.15, 0.2) is 53.7 Å². The predicted octanol–water partition coefficient (Wildman–Crippen LogP) is 2.57. The monoisotopic (exact) mass is 453 g/mol. The molecule has 1 aromatic carbocycles. The summed E-state index contributed by atoms with van der Waals surface area (Å²) in [6.07, 6.45) is 5.48. The third-order valence-corrected chi connectivity index (χ3v) is 7.39. The van der Waals surface area contributed by atoms with E-state index in [-0.39, 0.29) is 16.1 Å². The van der Waals surface area contributed by atoms with Crippen molar-refractivity contribution in [1.82, 2.24) is 13.8 Å². The van der Waals surface area contributed by atoms with Gasteiger partial charge < -0.3 is 14.6 Å². The van der Waals surface area contributed by atoms with Gasteiger partial charge in [0.15, 0.2) is 5.65 Å². The Labute approximate surface area is 187 Å². The van der Waals surface area contributed by atoms with Crippen LogP contribution in [0.3, 0.4) is 0 Å². The molecule has 0 saturated carbocycles. The number of benzene rings is 1. The zero-order valence-electron chi connectivity index (χ0n) is 18.1. The molecule has 0 amide bonds. The van der Waals surface area contributed by atoms with Crippen LogP contribution in [-0.2, 0) is 14.8 Å². The zero-order valence-corrected chi connectivity index (χ0v) is 19.0. The molecular weight excluding hydrogens is 429 g/mol. The minimum Gasteiger partial charge on any atom is -0.465 e. The maximum atomic E-state index is 13.4. The van der Waals surface area contributed by atoms with Crippen LogP contribution in [-0.4, -0.2) is 60.4 Å². The standard InChI is InChI=1S/C22H24BN3O5S/c1-15-4-6-18(7-5-15)32(29,30)26-14-20(16-8-10-25(11-9-16)23(2)28)19-12-17(22(27)31-3)13-24-21(19)26/h4-8,12-14,28H,9-11H2,1-3H3. The lowest BCUT2D eigenvalue weighted by molar-refractivity contribution is 0.0600. The van der Waals surface area contributed by atoms with E-state index in [4.69, 9.17) is 4.74 Å². The number of hydrogen-bond acceptors (Lipinski definition) is 7. The number of rotatable bonds is 5. The maximum absolute atomic E-state index is 13.4. The third-order valence-electron chi connectivity index (χ3n) is 5.73. The van der Waals surface area contributed by atoms with Crippen LogP contribution < -0.4 is 0 Å². The van der Waals surface area contributed by atoms with Gasteiger partial charge in [-0.2, -0.15) is 0 Å². The molecule has 0 spiro atoms. The highest BCUT2D eigenvalue weighted by Gasteiger charge is 2.26. The minimum atomic E-state index is -3.90. The van der Waals surface area contributed by atoms with Crippen molar-refractivity contribution >= 4 is 39.6 Å². The van der Waals surface area contributed by atoms with E-state index >= 15 is 0 Å². The smallest absolute Gasteiger partial charge is 0.376 e. The summed E-state index contributed by atoms with van der Waals surface area (Å²) in [5, 5.41) is 10.4. The van der Waals surface area contributed by atoms with Crippen molar-refractivity contribution in [2.45, 2.75) is 25.1 Å². The van der Waals surface area contributed by atoms with Crippen molar-refractivity contribution in [3.05, 3.63) is 65.5 Å². The number of carbonyl (C=O) groups excluding carboxylic acids is 1. The molecule has 0 bridgehead atoms. The first-order valence-corrected chi connectivity index (χ1v) is 11.7. The van der Waals surface area contributed by atoms with Gasteiger partial charge in [-0.1, -0.05) is 23.8 Å². The highest BCUT2D eigenvalue weighted by Crippen LogP contribution is 2.33. The first kappa shape index (κ1) is 22.3. The quantitative estimate of drug-likeness (QED) is 0.468. The molecule has 3 heterocycles. The third kappa shape index (κ3) is 3.97. The summed E-state index contributed by atoms with van der Waals surface area (Å²) in [6, 6.07) is 8.25. The van der Waals surface area contributed by atoms with Gasteiger partial charge in [0, 0.05) is 29.9 Å². The first-order valence-electron chi connectivity index (χ1n) is 10.3. The molecule has 1 N–H and O–H groups in total. The fourth-order valence-electron chi connectivity index (χ4n) is 3.84. The zero-order chi connectivity index (χ0) is 23.0. The predicted molar refractivity (Wildman–Crippen MR) is 123 cm³/mol. The molecule has 4 rings (SSSR count). The average molecular weight is 453 g/mol. The topological polar surface area (TPSA) is 102 Å². The van der Waals surface area contributed by atoms with Gasteiger partial charge in [-0.25, -0.2) is 22.2 Å². The van der Waals surface area contributed by atoms with Crippen LogP contribution in [0.4, 0.5) is 0 Å². The van der Waals surface area contributed by atoms with Crippen molar-refractivity contribution in [2.24, 2.45) is 0 Å². The van der Waals surface area contributed by atoms with Crippen molar-refractivity contribution in [1.29, 1.82) is 0 Å². The normalized spacial score (nSPS) is 14.9. The number of carbonyl (C=O) groups is 1. The van der Waals surface area contributed by atoms with Gasteiger partial charge in [-0.15, -0.1) is 0 Å². The Morgan fingerprint density at radius 3 is 2.56 bits per heavy atom. The first-order chi connectivity index (χ1) is 15.2. The lowest BCUT2D eigenvalue weighted by Gasteiger charge is -2.26. The number of ether oxygens (including phenoxy) is 1. The molecule has 32 heavy (non-hydrogen) atoms. The van der Waals surface area contributed by atoms with E-state index < -0.39 is 23.0 Å². The van der Waals surface area contributed by atoms with Gasteiger partial charge >= 0.3 is 13.0 Å². The molecule has 0 saturated heterocycles. The van der Waals surface area contributed by atoms with E-state index in [1.54, 1.807) is 43.4 Å². The number of hydrogen-bond donors (Lipinski definition) is 1. The van der Waals surface area contributed by atoms with Crippen molar-refractivity contribution in [2.75, 3.05) is 20.2 Å². The highest BCUT2D eigenvalue weighted by atomic mass is 32.2. The van der Waals surface area contributed by atoms with Crippen LogP contribution in [0, 0.1) is 6.92 Å². The van der Waals surface area contributed by atoms with Crippen LogP contribution in [0.5, 0.6) is 0 Å². The number of methoxy groups -OCH3 is 1. The number of aryl methyl sites for hydroxylation is 1. The van der Waals surface area contributed by atoms with E-state index in [0.29, 0.717) is 30.5 Å². The van der Waals surface area contributed by atoms with E-state index in [1.165, 1.54) is 17.3 Å². The molecule has 0 radical (unpaired) electrons. The molecule has 8 nitrogen and oxygen atoms in total. The maximum Gasteiger partial charge on any atom is 0.376 e. The Balaban J connectivity index is 1.90. The summed E-state index contributed by atoms with van der Waals surface area (Å²) in [6.45, 7) is 4.77. The number of pyridine rings is 1. The molecule has 1 aliphatic rings. The summed E-state index contributed by atoms with van der Waals surface area (Å²) < 4.78 is 32.9. The highest BCUT2D eigenvalue weighted by molar-refractivity contribution is 7.90. The van der Waals surface area contributed by atoms with Crippen LogP contribution in [0.2, 0.25) is 6.82 Å². The fourth-order valence-corrected chi connectivity index (χ4v) is 5.17. The average Bonchev–Trinajstić information content (AvgIpc) is 3.18. The summed E-state index contributed by atoms with van der Waals surface area (Å²) >= 11 is 0. The second-order valence-corrected chi connectivity index (χ2v) is 9.66. The molecule has 3 aromatic rings. The molecule has 0 atom stereocenters. The van der Waals surface area contributed by atoms with Gasteiger partial charge in [0.1, 0.15) is 0 Å². The van der Waals surface area contributed by atoms with Crippen molar-refractivity contribution in [3.8, 4) is 0 Å². The molecular formula is C22H24BN3O5S. The van der Waals surface area contributed by atoms with Crippen molar-refractivity contribution < 1.29 is 23.0 Å². The number of aromatic nitrogens is 2. The molecule has 1 aliphatic heterocycles. The van der Waals surface area contributed by atoms with Gasteiger partial charge in [-0.3, -0.25) is 0 Å². The van der Waals surface area contributed by atoms with Crippen LogP contribution in [0.25, 0.3) is 16.6 Å². The fraction of sp³-hybridized carbons (Fsp3) is 0.273. The summed E-state index contributed by atoms with van der Waals surface area (Å²) in [5.41, 5.74) is 3.08. The van der Waals surface area contributed by atoms with E-state index in [1.807, 2.05) is 17.8 Å². The molecule has 2 aromatic heterocycles. The van der Waals surface area contributed by atoms with Crippen molar-refractivity contribution in [3.63, 3.8) is 0 Å². The summed E-state index contributed by atoms with van der Waals surface area (Å²) in [7, 11) is -3.18. The van der Waals surface area contributed by atoms with Gasteiger partial charge in [0.05, 0.1) is 17.6 Å². The Morgan fingerprint density at radius 2 is 1.97 bits per heavy atom. The minimum absolute atomic E-state index is 0.156. The largest absolute Gasteiger partial charge is 0.465 e. The Morgan fingerprint density at radius 1 is 1.25 bits per heavy atom. The lowest BCUT2D eigenvalue weighted by Crippen LogP contribution is -2.39. The second-order valence-electron chi connectivity index (χ2n) is 7.85. The van der Waals surface area contributed by atoms with Gasteiger partial charge in [-0.05, 0) is 50.5 Å².